The highest BCUT2D eigenvalue weighted by atomic mass is 31.1. The fraction of sp³-hybridized carbons (Fsp3) is 0.667. The van der Waals surface area contributed by atoms with E-state index in [1.807, 2.05) is 4.98 Å². The first-order valence-electron chi connectivity index (χ1n) is 8.37. The zero-order valence-electron chi connectivity index (χ0n) is 15.9. The Hall–Kier alpha value is -1.85. The summed E-state index contributed by atoms with van der Waals surface area (Å²) in [5, 5.41) is 12.5. The summed E-state index contributed by atoms with van der Waals surface area (Å²) in [5.41, 5.74) is -1.77. The van der Waals surface area contributed by atoms with E-state index in [1.54, 1.807) is 13.8 Å². The number of nitrogens with zero attached hydrogens (tertiary/aromatic N) is 1. The molecule has 0 amide bonds. The Bertz CT molecular complexity index is 783. The largest absolute Gasteiger partial charge is 0.462 e. The average Bonchev–Trinajstić information content (AvgIpc) is 2.60. The number of carbonyl (C=O) groups is 1. The van der Waals surface area contributed by atoms with Gasteiger partial charge in [0, 0.05) is 19.4 Å². The van der Waals surface area contributed by atoms with Crippen LogP contribution >= 0.6 is 8.18 Å². The lowest BCUT2D eigenvalue weighted by molar-refractivity contribution is -0.149. The van der Waals surface area contributed by atoms with Crippen LogP contribution in [0.4, 0.5) is 4.39 Å². The van der Waals surface area contributed by atoms with Crippen LogP contribution in [0.15, 0.2) is 21.9 Å². The van der Waals surface area contributed by atoms with Gasteiger partial charge in [0.25, 0.3) is 13.7 Å². The van der Waals surface area contributed by atoms with Gasteiger partial charge in [-0.3, -0.25) is 23.7 Å². The molecular formula is C15H25FN3O8P. The zero-order chi connectivity index (χ0) is 21.4. The molecule has 0 spiro atoms. The second kappa shape index (κ2) is 11.2. The summed E-state index contributed by atoms with van der Waals surface area (Å²) < 4.78 is 41.7. The molecule has 3 N–H and O–H groups in total. The summed E-state index contributed by atoms with van der Waals surface area (Å²) in [7, 11) is -1.78. The lowest BCUT2D eigenvalue weighted by Gasteiger charge is -2.25. The van der Waals surface area contributed by atoms with Gasteiger partial charge in [-0.2, -0.15) is 0 Å². The van der Waals surface area contributed by atoms with Crippen LogP contribution in [0.5, 0.6) is 0 Å². The molecule has 28 heavy (non-hydrogen) atoms. The van der Waals surface area contributed by atoms with E-state index in [1.165, 1.54) is 6.92 Å². The van der Waals surface area contributed by atoms with Crippen LogP contribution in [0, 0.1) is 0 Å². The minimum absolute atomic E-state index is 0.342. The van der Waals surface area contributed by atoms with E-state index in [4.69, 9.17) is 14.0 Å². The fourth-order valence-electron chi connectivity index (χ4n) is 2.04. The number of alkyl halides is 1. The van der Waals surface area contributed by atoms with Crippen LogP contribution in [-0.4, -0.2) is 58.7 Å². The fourth-order valence-corrected chi connectivity index (χ4v) is 2.91. The zero-order valence-corrected chi connectivity index (χ0v) is 16.9. The first kappa shape index (κ1) is 24.2. The van der Waals surface area contributed by atoms with E-state index in [0.29, 0.717) is 4.57 Å². The molecule has 11 nitrogen and oxygen atoms in total. The molecule has 5 atom stereocenters. The summed E-state index contributed by atoms with van der Waals surface area (Å²) in [6, 6.07) is 0.00704. The number of ether oxygens (including phenoxy) is 2. The molecule has 1 rings (SSSR count). The number of aliphatic hydroxyl groups is 1. The molecule has 13 heteroatoms. The van der Waals surface area contributed by atoms with E-state index in [0.717, 1.165) is 19.4 Å². The van der Waals surface area contributed by atoms with Crippen LogP contribution in [0.25, 0.3) is 0 Å². The maximum absolute atomic E-state index is 14.4. The molecule has 0 aliphatic carbocycles. The summed E-state index contributed by atoms with van der Waals surface area (Å²) in [4.78, 5) is 36.2. The smallest absolute Gasteiger partial charge is 0.330 e. The number of rotatable bonds is 11. The maximum atomic E-state index is 14.4. The van der Waals surface area contributed by atoms with E-state index < -0.39 is 56.5 Å². The van der Waals surface area contributed by atoms with Crippen LogP contribution in [0.1, 0.15) is 27.1 Å². The standard InChI is InChI=1S/C15H25FN3O8P/c1-8(2)27-14(22)9(3)18-28(24)26-7-10(25-4)12(21)13(16)19-6-5-11(20)17-15(19)23/h5-6,8-10,12-13,21,28H,7H2,1-4H3,(H,18,24)(H,17,20,23)/t9-,10?,12+,13-/m0/s1. The number of aliphatic hydroxyl groups excluding tert-OH is 1. The van der Waals surface area contributed by atoms with Gasteiger partial charge in [-0.05, 0) is 20.8 Å². The van der Waals surface area contributed by atoms with Crippen LogP contribution in [-0.2, 0) is 23.4 Å². The number of esters is 1. The monoisotopic (exact) mass is 425 g/mol. The van der Waals surface area contributed by atoms with Gasteiger partial charge in [0.15, 0.2) is 0 Å². The molecule has 160 valence electrons. The lowest BCUT2D eigenvalue weighted by Crippen LogP contribution is -2.42. The molecule has 0 saturated carbocycles. The molecule has 1 aromatic heterocycles. The summed E-state index contributed by atoms with van der Waals surface area (Å²) in [6.07, 6.45) is -4.87. The van der Waals surface area contributed by atoms with Crippen molar-refractivity contribution in [3.05, 3.63) is 33.1 Å². The molecule has 1 heterocycles. The molecule has 2 unspecified atom stereocenters. The second-order valence-corrected chi connectivity index (χ2v) is 7.26. The third-order valence-electron chi connectivity index (χ3n) is 3.50. The number of aromatic amines is 1. The number of methoxy groups -OCH3 is 1. The average molecular weight is 425 g/mol. The normalized spacial score (nSPS) is 17.0. The first-order chi connectivity index (χ1) is 13.1. The van der Waals surface area contributed by atoms with E-state index >= 15 is 0 Å². The summed E-state index contributed by atoms with van der Waals surface area (Å²) in [6.45, 7) is 4.26. The molecule has 1 aromatic rings. The van der Waals surface area contributed by atoms with Crippen molar-refractivity contribution in [2.75, 3.05) is 13.7 Å². The van der Waals surface area contributed by atoms with Crippen molar-refractivity contribution >= 4 is 14.1 Å². The number of hydrogen-bond acceptors (Lipinski definition) is 8. The topological polar surface area (TPSA) is 149 Å². The maximum Gasteiger partial charge on any atom is 0.330 e. The van der Waals surface area contributed by atoms with Gasteiger partial charge in [0.1, 0.15) is 18.2 Å². The Labute approximate surface area is 160 Å². The molecular weight excluding hydrogens is 400 g/mol. The molecule has 0 aliphatic heterocycles. The molecule has 0 saturated heterocycles. The first-order valence-corrected chi connectivity index (χ1v) is 9.68. The van der Waals surface area contributed by atoms with E-state index in [-0.39, 0.29) is 6.10 Å². The third-order valence-corrected chi connectivity index (χ3v) is 4.60. The highest BCUT2D eigenvalue weighted by molar-refractivity contribution is 7.36. The van der Waals surface area contributed by atoms with Gasteiger partial charge in [0.05, 0.1) is 12.7 Å². The van der Waals surface area contributed by atoms with Crippen molar-refractivity contribution in [2.24, 2.45) is 0 Å². The highest BCUT2D eigenvalue weighted by Gasteiger charge is 2.31. The van der Waals surface area contributed by atoms with Crippen LogP contribution in [0.2, 0.25) is 0 Å². The Balaban J connectivity index is 2.65. The van der Waals surface area contributed by atoms with E-state index in [9.17, 15) is 28.4 Å². The van der Waals surface area contributed by atoms with Crippen molar-refractivity contribution in [1.82, 2.24) is 14.6 Å². The highest BCUT2D eigenvalue weighted by Crippen LogP contribution is 2.22. The number of carbonyl (C=O) groups excluding carboxylic acids is 1. The van der Waals surface area contributed by atoms with Crippen molar-refractivity contribution in [3.63, 3.8) is 0 Å². The second-order valence-electron chi connectivity index (χ2n) is 6.10. The lowest BCUT2D eigenvalue weighted by atomic mass is 10.2. The third kappa shape index (κ3) is 7.28. The molecule has 0 fully saturated rings. The number of nitrogens with one attached hydrogen (secondary N) is 2. The van der Waals surface area contributed by atoms with Gasteiger partial charge in [-0.1, -0.05) is 0 Å². The number of hydrogen-bond donors (Lipinski definition) is 3. The molecule has 0 radical (unpaired) electrons. The quantitative estimate of drug-likeness (QED) is 0.321. The van der Waals surface area contributed by atoms with Gasteiger partial charge in [-0.15, -0.1) is 0 Å². The Kier molecular flexibility index (Phi) is 9.70. The van der Waals surface area contributed by atoms with Gasteiger partial charge in [-0.25, -0.2) is 14.3 Å². The Morgan fingerprint density at radius 1 is 1.39 bits per heavy atom. The molecule has 0 bridgehead atoms. The number of H-pyrrole nitrogens is 1. The van der Waals surface area contributed by atoms with E-state index in [2.05, 4.69) is 5.09 Å². The predicted octanol–water partition coefficient (Wildman–Crippen LogP) is -0.283. The predicted molar refractivity (Wildman–Crippen MR) is 97.1 cm³/mol. The molecule has 0 aliphatic rings. The molecule has 0 aromatic carbocycles. The minimum atomic E-state index is -2.94. The van der Waals surface area contributed by atoms with Crippen molar-refractivity contribution in [2.45, 2.75) is 51.4 Å². The van der Waals surface area contributed by atoms with Gasteiger partial charge < -0.3 is 19.1 Å². The summed E-state index contributed by atoms with van der Waals surface area (Å²) in [5.74, 6) is -0.624. The summed E-state index contributed by atoms with van der Waals surface area (Å²) >= 11 is 0. The minimum Gasteiger partial charge on any atom is -0.462 e. The van der Waals surface area contributed by atoms with Gasteiger partial charge in [0.2, 0.25) is 6.30 Å². The SMILES string of the molecule is COC(CO[PH](=O)N[C@@H](C)C(=O)OC(C)C)[C@@H](O)[C@@H](F)n1ccc(=O)[nH]c1=O. The number of halogens is 1. The van der Waals surface area contributed by atoms with Crippen LogP contribution in [0.3, 0.4) is 0 Å². The number of aromatic nitrogens is 2. The van der Waals surface area contributed by atoms with Crippen LogP contribution < -0.4 is 16.3 Å². The Morgan fingerprint density at radius 3 is 2.57 bits per heavy atom. The van der Waals surface area contributed by atoms with Crippen molar-refractivity contribution < 1.29 is 32.9 Å². The van der Waals surface area contributed by atoms with Crippen molar-refractivity contribution in [3.8, 4) is 0 Å². The van der Waals surface area contributed by atoms with Crippen molar-refractivity contribution in [1.29, 1.82) is 0 Å². The van der Waals surface area contributed by atoms with Gasteiger partial charge >= 0.3 is 11.7 Å². The Morgan fingerprint density at radius 2 is 2.04 bits per heavy atom.